The number of benzene rings is 1. The van der Waals surface area contributed by atoms with Crippen LogP contribution in [-0.2, 0) is 4.79 Å². The molecule has 3 rings (SSSR count). The van der Waals surface area contributed by atoms with E-state index in [0.717, 1.165) is 18.5 Å². The molecule has 6 heteroatoms. The van der Waals surface area contributed by atoms with Crippen LogP contribution >= 0.6 is 0 Å². The summed E-state index contributed by atoms with van der Waals surface area (Å²) in [5, 5.41) is 6.10. The van der Waals surface area contributed by atoms with Crippen LogP contribution in [0, 0.1) is 11.3 Å². The molecular formula is C21H31N3O3. The topological polar surface area (TPSA) is 70.7 Å². The van der Waals surface area contributed by atoms with Gasteiger partial charge < -0.3 is 20.3 Å². The SMILES string of the molecule is COc1cccc(N2C[C@H](NC(=O)N[C@H]3C[C@@H](C)CC(C)(C)C3)CC2=O)c1. The maximum atomic E-state index is 12.5. The van der Waals surface area contributed by atoms with Crippen LogP contribution in [-0.4, -0.2) is 37.7 Å². The minimum atomic E-state index is -0.183. The predicted octanol–water partition coefficient (Wildman–Crippen LogP) is 3.31. The van der Waals surface area contributed by atoms with Crippen molar-refractivity contribution in [3.8, 4) is 5.75 Å². The van der Waals surface area contributed by atoms with Crippen LogP contribution < -0.4 is 20.3 Å². The molecule has 2 N–H and O–H groups in total. The number of hydrogen-bond donors (Lipinski definition) is 2. The van der Waals surface area contributed by atoms with Gasteiger partial charge in [0.25, 0.3) is 0 Å². The van der Waals surface area contributed by atoms with E-state index in [-0.39, 0.29) is 29.4 Å². The average Bonchev–Trinajstić information content (AvgIpc) is 2.93. The minimum Gasteiger partial charge on any atom is -0.497 e. The number of rotatable bonds is 4. The van der Waals surface area contributed by atoms with Crippen molar-refractivity contribution in [2.24, 2.45) is 11.3 Å². The number of anilines is 1. The normalized spacial score (nSPS) is 27.3. The first kappa shape index (κ1) is 19.5. The Bertz CT molecular complexity index is 704. The quantitative estimate of drug-likeness (QED) is 0.851. The predicted molar refractivity (Wildman–Crippen MR) is 106 cm³/mol. The number of carbonyl (C=O) groups excluding carboxylic acids is 2. The maximum absolute atomic E-state index is 12.5. The highest BCUT2D eigenvalue weighted by atomic mass is 16.5. The van der Waals surface area contributed by atoms with Gasteiger partial charge >= 0.3 is 6.03 Å². The van der Waals surface area contributed by atoms with Crippen molar-refractivity contribution < 1.29 is 14.3 Å². The second kappa shape index (κ2) is 7.79. The minimum absolute atomic E-state index is 0.0148. The number of hydrogen-bond acceptors (Lipinski definition) is 3. The van der Waals surface area contributed by atoms with Crippen LogP contribution in [0.2, 0.25) is 0 Å². The Morgan fingerprint density at radius 3 is 2.67 bits per heavy atom. The van der Waals surface area contributed by atoms with E-state index in [4.69, 9.17) is 4.74 Å². The molecule has 0 aromatic heterocycles. The largest absolute Gasteiger partial charge is 0.497 e. The van der Waals surface area contributed by atoms with E-state index in [0.29, 0.717) is 24.6 Å². The summed E-state index contributed by atoms with van der Waals surface area (Å²) in [6.07, 6.45) is 3.51. The van der Waals surface area contributed by atoms with Crippen molar-refractivity contribution >= 4 is 17.6 Å². The summed E-state index contributed by atoms with van der Waals surface area (Å²) in [6.45, 7) is 7.24. The van der Waals surface area contributed by atoms with Gasteiger partial charge in [0.1, 0.15) is 5.75 Å². The molecular weight excluding hydrogens is 342 g/mol. The van der Waals surface area contributed by atoms with E-state index >= 15 is 0 Å². The third-order valence-electron chi connectivity index (χ3n) is 5.55. The fourth-order valence-electron chi connectivity index (χ4n) is 4.70. The Labute approximate surface area is 161 Å². The molecule has 2 fully saturated rings. The lowest BCUT2D eigenvalue weighted by atomic mass is 9.71. The Hall–Kier alpha value is -2.24. The number of urea groups is 1. The van der Waals surface area contributed by atoms with Crippen molar-refractivity contribution in [3.63, 3.8) is 0 Å². The highest BCUT2D eigenvalue weighted by Gasteiger charge is 2.35. The van der Waals surface area contributed by atoms with E-state index in [2.05, 4.69) is 31.4 Å². The van der Waals surface area contributed by atoms with Crippen LogP contribution in [0.5, 0.6) is 5.75 Å². The van der Waals surface area contributed by atoms with E-state index in [1.165, 1.54) is 6.42 Å². The van der Waals surface area contributed by atoms with E-state index in [1.807, 2.05) is 24.3 Å². The smallest absolute Gasteiger partial charge is 0.315 e. The second-order valence-electron chi connectivity index (χ2n) is 8.83. The molecule has 6 nitrogen and oxygen atoms in total. The lowest BCUT2D eigenvalue weighted by molar-refractivity contribution is -0.117. The van der Waals surface area contributed by atoms with Gasteiger partial charge in [0, 0.05) is 30.8 Å². The molecule has 27 heavy (non-hydrogen) atoms. The van der Waals surface area contributed by atoms with Gasteiger partial charge in [0.15, 0.2) is 0 Å². The molecule has 1 aliphatic heterocycles. The summed E-state index contributed by atoms with van der Waals surface area (Å²) in [4.78, 5) is 26.6. The Morgan fingerprint density at radius 2 is 1.96 bits per heavy atom. The van der Waals surface area contributed by atoms with Gasteiger partial charge in [-0.15, -0.1) is 0 Å². The highest BCUT2D eigenvalue weighted by Crippen LogP contribution is 2.38. The number of ether oxygens (including phenoxy) is 1. The first-order chi connectivity index (χ1) is 12.8. The molecule has 1 aliphatic carbocycles. The Balaban J connectivity index is 1.55. The highest BCUT2D eigenvalue weighted by molar-refractivity contribution is 5.97. The van der Waals surface area contributed by atoms with Crippen molar-refractivity contribution in [1.29, 1.82) is 0 Å². The zero-order valence-corrected chi connectivity index (χ0v) is 16.7. The van der Waals surface area contributed by atoms with Gasteiger partial charge in [0.2, 0.25) is 5.91 Å². The molecule has 0 radical (unpaired) electrons. The molecule has 1 heterocycles. The monoisotopic (exact) mass is 373 g/mol. The zero-order chi connectivity index (χ0) is 19.6. The van der Waals surface area contributed by atoms with Crippen molar-refractivity contribution in [3.05, 3.63) is 24.3 Å². The van der Waals surface area contributed by atoms with Gasteiger partial charge in [-0.2, -0.15) is 0 Å². The van der Waals surface area contributed by atoms with Crippen LogP contribution in [0.25, 0.3) is 0 Å². The first-order valence-corrected chi connectivity index (χ1v) is 9.77. The van der Waals surface area contributed by atoms with E-state index in [1.54, 1.807) is 12.0 Å². The second-order valence-corrected chi connectivity index (χ2v) is 8.83. The number of nitrogens with zero attached hydrogens (tertiary/aromatic N) is 1. The fourth-order valence-corrected chi connectivity index (χ4v) is 4.70. The van der Waals surface area contributed by atoms with Gasteiger partial charge in [-0.05, 0) is 42.7 Å². The third-order valence-corrected chi connectivity index (χ3v) is 5.55. The number of methoxy groups -OCH3 is 1. The molecule has 2 aliphatic rings. The molecule has 148 valence electrons. The molecule has 1 saturated heterocycles. The number of amides is 3. The summed E-state index contributed by atoms with van der Waals surface area (Å²) in [5.41, 5.74) is 1.05. The number of carbonyl (C=O) groups is 2. The van der Waals surface area contributed by atoms with Crippen molar-refractivity contribution in [2.45, 2.75) is 58.5 Å². The summed E-state index contributed by atoms with van der Waals surface area (Å²) < 4.78 is 5.23. The number of nitrogens with one attached hydrogen (secondary N) is 2. The van der Waals surface area contributed by atoms with Crippen molar-refractivity contribution in [1.82, 2.24) is 10.6 Å². The molecule has 1 aromatic rings. The third kappa shape index (κ3) is 4.93. The van der Waals surface area contributed by atoms with Gasteiger partial charge in [-0.1, -0.05) is 26.8 Å². The first-order valence-electron chi connectivity index (χ1n) is 9.77. The molecule has 3 atom stereocenters. The van der Waals surface area contributed by atoms with Gasteiger partial charge in [0.05, 0.1) is 13.2 Å². The summed E-state index contributed by atoms with van der Waals surface area (Å²) in [6, 6.07) is 7.27. The fraction of sp³-hybridized carbons (Fsp3) is 0.619. The standard InChI is InChI=1S/C21H31N3O3/c1-14-8-15(12-21(2,3)11-14)22-20(26)23-16-9-19(25)24(13-16)17-6-5-7-18(10-17)27-4/h5-7,10,14-16H,8-9,11-13H2,1-4H3,(H2,22,23,26)/t14-,15+,16-/m1/s1. The average molecular weight is 373 g/mol. The Kier molecular flexibility index (Phi) is 5.63. The lowest BCUT2D eigenvalue weighted by Crippen LogP contribution is -2.50. The summed E-state index contributed by atoms with van der Waals surface area (Å²) >= 11 is 0. The van der Waals surface area contributed by atoms with Crippen LogP contribution in [0.15, 0.2) is 24.3 Å². The molecule has 1 saturated carbocycles. The van der Waals surface area contributed by atoms with E-state index in [9.17, 15) is 9.59 Å². The molecule has 0 bridgehead atoms. The van der Waals surface area contributed by atoms with Gasteiger partial charge in [-0.25, -0.2) is 4.79 Å². The lowest BCUT2D eigenvalue weighted by Gasteiger charge is -2.39. The zero-order valence-electron chi connectivity index (χ0n) is 16.7. The molecule has 0 unspecified atom stereocenters. The molecule has 0 spiro atoms. The maximum Gasteiger partial charge on any atom is 0.315 e. The Morgan fingerprint density at radius 1 is 1.22 bits per heavy atom. The van der Waals surface area contributed by atoms with E-state index < -0.39 is 0 Å². The van der Waals surface area contributed by atoms with Crippen molar-refractivity contribution in [2.75, 3.05) is 18.6 Å². The summed E-state index contributed by atoms with van der Waals surface area (Å²) in [5.74, 6) is 1.33. The molecule has 3 amide bonds. The van der Waals surface area contributed by atoms with Crippen LogP contribution in [0.1, 0.15) is 46.5 Å². The van der Waals surface area contributed by atoms with Crippen LogP contribution in [0.4, 0.5) is 10.5 Å². The molecule has 1 aromatic carbocycles. The summed E-state index contributed by atoms with van der Waals surface area (Å²) in [7, 11) is 1.60. The van der Waals surface area contributed by atoms with Gasteiger partial charge in [-0.3, -0.25) is 4.79 Å². The van der Waals surface area contributed by atoms with Crippen LogP contribution in [0.3, 0.4) is 0 Å².